The van der Waals surface area contributed by atoms with E-state index in [4.69, 9.17) is 0 Å². The molecule has 2 saturated carbocycles. The van der Waals surface area contributed by atoms with Gasteiger partial charge in [0.25, 0.3) is 0 Å². The lowest BCUT2D eigenvalue weighted by atomic mass is 9.77. The number of pyridine rings is 1. The Kier molecular flexibility index (Phi) is 8.38. The molecule has 4 rings (SSSR count). The summed E-state index contributed by atoms with van der Waals surface area (Å²) in [6.07, 6.45) is 19.0. The number of hydrogen-bond donors (Lipinski definition) is 0. The summed E-state index contributed by atoms with van der Waals surface area (Å²) in [4.78, 5) is 4.67. The molecule has 1 aromatic heterocycles. The quantitative estimate of drug-likeness (QED) is 0.376. The Bertz CT molecular complexity index is 826. The van der Waals surface area contributed by atoms with Crippen LogP contribution in [0.3, 0.4) is 0 Å². The van der Waals surface area contributed by atoms with E-state index in [1.165, 1.54) is 94.6 Å². The molecule has 2 heteroatoms. The fraction of sp³-hybridized carbons (Fsp3) is 0.633. The van der Waals surface area contributed by atoms with Gasteiger partial charge in [0.1, 0.15) is 5.82 Å². The van der Waals surface area contributed by atoms with E-state index < -0.39 is 0 Å². The van der Waals surface area contributed by atoms with Crippen LogP contribution in [0.2, 0.25) is 0 Å². The molecular formula is C30H42FN. The number of aromatic nitrogens is 1. The molecule has 0 atom stereocenters. The first kappa shape index (κ1) is 23.5. The van der Waals surface area contributed by atoms with Crippen LogP contribution in [0, 0.1) is 17.7 Å². The molecule has 32 heavy (non-hydrogen) atoms. The first-order valence-electron chi connectivity index (χ1n) is 13.4. The van der Waals surface area contributed by atoms with Gasteiger partial charge in [-0.25, -0.2) is 4.39 Å². The van der Waals surface area contributed by atoms with E-state index in [9.17, 15) is 0 Å². The molecule has 0 bridgehead atoms. The fourth-order valence-electron chi connectivity index (χ4n) is 6.17. The number of benzene rings is 1. The van der Waals surface area contributed by atoms with Gasteiger partial charge in [0.15, 0.2) is 0 Å². The van der Waals surface area contributed by atoms with E-state index in [1.54, 1.807) is 6.07 Å². The average Bonchev–Trinajstić information content (AvgIpc) is 2.85. The Morgan fingerprint density at radius 2 is 1.44 bits per heavy atom. The van der Waals surface area contributed by atoms with Gasteiger partial charge in [-0.15, -0.1) is 0 Å². The van der Waals surface area contributed by atoms with Gasteiger partial charge in [0, 0.05) is 11.8 Å². The molecule has 2 aromatic rings. The summed E-state index contributed by atoms with van der Waals surface area (Å²) in [5.74, 6) is 2.83. The summed E-state index contributed by atoms with van der Waals surface area (Å²) in [7, 11) is 0. The fourth-order valence-corrected chi connectivity index (χ4v) is 6.17. The normalized spacial score (nSPS) is 26.2. The highest BCUT2D eigenvalue weighted by molar-refractivity contribution is 5.60. The van der Waals surface area contributed by atoms with Gasteiger partial charge in [-0.05, 0) is 104 Å². The number of unbranched alkanes of at least 4 members (excludes halogenated alkanes) is 2. The highest BCUT2D eigenvalue weighted by atomic mass is 19.1. The van der Waals surface area contributed by atoms with E-state index in [1.807, 2.05) is 18.3 Å². The van der Waals surface area contributed by atoms with Crippen molar-refractivity contribution in [1.82, 2.24) is 4.98 Å². The van der Waals surface area contributed by atoms with Gasteiger partial charge in [0.2, 0.25) is 0 Å². The summed E-state index contributed by atoms with van der Waals surface area (Å²) in [5, 5.41) is 0. The Morgan fingerprint density at radius 1 is 0.781 bits per heavy atom. The lowest BCUT2D eigenvalue weighted by molar-refractivity contribution is 0.302. The summed E-state index contributed by atoms with van der Waals surface area (Å²) >= 11 is 0. The monoisotopic (exact) mass is 435 g/mol. The Labute approximate surface area is 195 Å². The van der Waals surface area contributed by atoms with Crippen molar-refractivity contribution in [2.75, 3.05) is 0 Å². The average molecular weight is 436 g/mol. The van der Waals surface area contributed by atoms with E-state index >= 15 is 4.39 Å². The molecule has 1 heterocycles. The minimum atomic E-state index is -0.115. The molecule has 0 spiro atoms. The van der Waals surface area contributed by atoms with Gasteiger partial charge in [-0.1, -0.05) is 58.1 Å². The van der Waals surface area contributed by atoms with Crippen LogP contribution in [0.1, 0.15) is 120 Å². The summed E-state index contributed by atoms with van der Waals surface area (Å²) < 4.78 is 15.1. The molecule has 174 valence electrons. The molecule has 0 radical (unpaired) electrons. The third kappa shape index (κ3) is 5.80. The predicted molar refractivity (Wildman–Crippen MR) is 133 cm³/mol. The molecule has 0 amide bonds. The van der Waals surface area contributed by atoms with Crippen LogP contribution in [-0.4, -0.2) is 4.98 Å². The molecule has 0 N–H and O–H groups in total. The van der Waals surface area contributed by atoms with Crippen LogP contribution in [-0.2, 0) is 0 Å². The van der Waals surface area contributed by atoms with Crippen molar-refractivity contribution in [3.8, 4) is 11.3 Å². The van der Waals surface area contributed by atoms with Crippen LogP contribution < -0.4 is 0 Å². The molecule has 0 aliphatic heterocycles. The van der Waals surface area contributed by atoms with Crippen molar-refractivity contribution < 1.29 is 4.39 Å². The third-order valence-corrected chi connectivity index (χ3v) is 8.49. The lowest BCUT2D eigenvalue weighted by Gasteiger charge is -2.29. The zero-order valence-corrected chi connectivity index (χ0v) is 20.3. The van der Waals surface area contributed by atoms with Crippen LogP contribution in [0.4, 0.5) is 4.39 Å². The summed E-state index contributed by atoms with van der Waals surface area (Å²) in [6.45, 7) is 4.58. The summed E-state index contributed by atoms with van der Waals surface area (Å²) in [6, 6.07) is 10.1. The van der Waals surface area contributed by atoms with Gasteiger partial charge in [-0.2, -0.15) is 0 Å². The maximum Gasteiger partial charge on any atom is 0.132 e. The van der Waals surface area contributed by atoms with E-state index in [2.05, 4.69) is 31.0 Å². The van der Waals surface area contributed by atoms with Crippen LogP contribution in [0.15, 0.2) is 36.5 Å². The second-order valence-corrected chi connectivity index (χ2v) is 10.6. The Balaban J connectivity index is 1.35. The largest absolute Gasteiger partial charge is 0.256 e. The van der Waals surface area contributed by atoms with E-state index in [0.717, 1.165) is 17.5 Å². The predicted octanol–water partition coefficient (Wildman–Crippen LogP) is 9.43. The van der Waals surface area contributed by atoms with Gasteiger partial charge < -0.3 is 0 Å². The topological polar surface area (TPSA) is 12.9 Å². The number of halogens is 1. The molecule has 2 aliphatic carbocycles. The lowest BCUT2D eigenvalue weighted by Crippen LogP contribution is -2.13. The minimum Gasteiger partial charge on any atom is -0.256 e. The molecule has 1 aromatic carbocycles. The van der Waals surface area contributed by atoms with E-state index in [-0.39, 0.29) is 5.82 Å². The highest BCUT2D eigenvalue weighted by Crippen LogP contribution is 2.39. The van der Waals surface area contributed by atoms with Gasteiger partial charge >= 0.3 is 0 Å². The molecule has 0 saturated heterocycles. The maximum absolute atomic E-state index is 15.1. The van der Waals surface area contributed by atoms with Crippen molar-refractivity contribution in [3.05, 3.63) is 53.5 Å². The zero-order chi connectivity index (χ0) is 22.3. The van der Waals surface area contributed by atoms with Crippen LogP contribution in [0.25, 0.3) is 11.3 Å². The smallest absolute Gasteiger partial charge is 0.132 e. The van der Waals surface area contributed by atoms with Crippen molar-refractivity contribution in [3.63, 3.8) is 0 Å². The third-order valence-electron chi connectivity index (χ3n) is 8.49. The van der Waals surface area contributed by atoms with Crippen LogP contribution >= 0.6 is 0 Å². The van der Waals surface area contributed by atoms with E-state index in [0.29, 0.717) is 17.4 Å². The molecule has 2 aliphatic rings. The van der Waals surface area contributed by atoms with Crippen molar-refractivity contribution in [1.29, 1.82) is 0 Å². The Morgan fingerprint density at radius 3 is 2.03 bits per heavy atom. The van der Waals surface area contributed by atoms with Crippen molar-refractivity contribution in [2.24, 2.45) is 11.8 Å². The van der Waals surface area contributed by atoms with Crippen molar-refractivity contribution in [2.45, 2.75) is 109 Å². The first-order chi connectivity index (χ1) is 15.7. The summed E-state index contributed by atoms with van der Waals surface area (Å²) in [5.41, 5.74) is 3.92. The number of nitrogens with zero attached hydrogens (tertiary/aromatic N) is 1. The molecular weight excluding hydrogens is 393 g/mol. The second-order valence-electron chi connectivity index (χ2n) is 10.6. The van der Waals surface area contributed by atoms with Crippen molar-refractivity contribution >= 4 is 0 Å². The zero-order valence-electron chi connectivity index (χ0n) is 20.3. The highest BCUT2D eigenvalue weighted by Gasteiger charge is 2.24. The maximum atomic E-state index is 15.1. The second kappa shape index (κ2) is 11.4. The standard InChI is InChI=1S/C30H42FN/c1-3-5-6-7-23-10-14-24(15-11-23)26-16-18-28(29(31)20-26)30-19-17-27(21-32-30)25-12-8-22(4-2)9-13-25/h16-25H,3-15H2,1-2H3/t22-,23-,24-,25-. The first-order valence-corrected chi connectivity index (χ1v) is 13.4. The Hall–Kier alpha value is -1.70. The minimum absolute atomic E-state index is 0.115. The molecule has 2 fully saturated rings. The van der Waals surface area contributed by atoms with Gasteiger partial charge in [-0.3, -0.25) is 4.98 Å². The SMILES string of the molecule is CCCCC[C@H]1CC[C@H](c2ccc(-c3ccc([C@H]4CC[C@H](CC)CC4)cn3)c(F)c2)CC1. The number of hydrogen-bond acceptors (Lipinski definition) is 1. The number of rotatable bonds is 8. The van der Waals surface area contributed by atoms with Gasteiger partial charge in [0.05, 0.1) is 5.69 Å². The molecule has 0 unspecified atom stereocenters. The van der Waals surface area contributed by atoms with Crippen LogP contribution in [0.5, 0.6) is 0 Å². The molecule has 1 nitrogen and oxygen atoms in total.